The molecule has 2 amide bonds. The quantitative estimate of drug-likeness (QED) is 0.199. The first-order valence-corrected chi connectivity index (χ1v) is 20.9. The third-order valence-electron chi connectivity index (χ3n) is 14.3. The van der Waals surface area contributed by atoms with Crippen molar-refractivity contribution in [3.05, 3.63) is 106 Å². The number of carbonyl (C=O) groups is 2. The molecule has 0 aromatic heterocycles. The van der Waals surface area contributed by atoms with E-state index in [-0.39, 0.29) is 23.9 Å². The van der Waals surface area contributed by atoms with E-state index >= 15 is 0 Å². The molecule has 3 aromatic carbocycles. The lowest BCUT2D eigenvalue weighted by Crippen LogP contribution is -2.39. The standard InChI is InChI=1S/C46H58N4O2/c51-45(47-35-17-13-31(14-18-35)25-27-49-41-21-22-42(49)38-10-4-3-9-37(38)41)29-33-7-1-2-8-34(33)30-46(52)48-36-19-15-32(16-20-36)26-28-50-43-23-24-44(50)40-12-6-5-11-39(40)43/h1-12,31-32,35-36,41-44H,13-30H2,(H,47,51)(H,48,52)/t31?,32?,35?,36?,41-,42+,43-,44+. The van der Waals surface area contributed by atoms with E-state index in [1.54, 1.807) is 22.3 Å². The lowest BCUT2D eigenvalue weighted by molar-refractivity contribution is -0.122. The highest BCUT2D eigenvalue weighted by Crippen LogP contribution is 2.54. The normalized spacial score (nSPS) is 30.6. The monoisotopic (exact) mass is 698 g/mol. The second-order valence-electron chi connectivity index (χ2n) is 17.2. The van der Waals surface area contributed by atoms with E-state index in [9.17, 15) is 9.59 Å². The van der Waals surface area contributed by atoms with Crippen LogP contribution in [0.25, 0.3) is 0 Å². The van der Waals surface area contributed by atoms with E-state index in [4.69, 9.17) is 0 Å². The predicted molar refractivity (Wildman–Crippen MR) is 207 cm³/mol. The van der Waals surface area contributed by atoms with Gasteiger partial charge in [-0.15, -0.1) is 0 Å². The van der Waals surface area contributed by atoms with E-state index in [0.717, 1.165) is 48.6 Å². The van der Waals surface area contributed by atoms with E-state index < -0.39 is 0 Å². The molecule has 6 heteroatoms. The first kappa shape index (κ1) is 34.3. The zero-order valence-electron chi connectivity index (χ0n) is 31.0. The molecule has 2 aliphatic carbocycles. The number of fused-ring (bicyclic) bond motifs is 10. The van der Waals surface area contributed by atoms with Crippen LogP contribution in [0.15, 0.2) is 72.8 Å². The smallest absolute Gasteiger partial charge is 0.224 e. The van der Waals surface area contributed by atoms with Crippen LogP contribution in [0.3, 0.4) is 0 Å². The van der Waals surface area contributed by atoms with Crippen molar-refractivity contribution in [1.82, 2.24) is 20.4 Å². The summed E-state index contributed by atoms with van der Waals surface area (Å²) in [7, 11) is 0. The van der Waals surface area contributed by atoms with E-state index in [2.05, 4.69) is 69.0 Å². The lowest BCUT2D eigenvalue weighted by atomic mass is 9.83. The summed E-state index contributed by atoms with van der Waals surface area (Å²) >= 11 is 0. The van der Waals surface area contributed by atoms with Crippen LogP contribution in [0, 0.1) is 11.8 Å². The molecule has 2 saturated heterocycles. The second kappa shape index (κ2) is 15.1. The molecule has 2 saturated carbocycles. The zero-order chi connectivity index (χ0) is 35.0. The maximum atomic E-state index is 13.2. The van der Waals surface area contributed by atoms with Gasteiger partial charge in [-0.05, 0) is 148 Å². The van der Waals surface area contributed by atoms with Crippen molar-refractivity contribution in [3.8, 4) is 0 Å². The summed E-state index contributed by atoms with van der Waals surface area (Å²) in [5, 5.41) is 6.72. The van der Waals surface area contributed by atoms with Gasteiger partial charge >= 0.3 is 0 Å². The first-order valence-electron chi connectivity index (χ1n) is 20.9. The maximum absolute atomic E-state index is 13.2. The molecule has 0 spiro atoms. The topological polar surface area (TPSA) is 64.7 Å². The molecule has 3 aromatic rings. The van der Waals surface area contributed by atoms with Gasteiger partial charge in [0.1, 0.15) is 0 Å². The largest absolute Gasteiger partial charge is 0.353 e. The van der Waals surface area contributed by atoms with Gasteiger partial charge in [-0.3, -0.25) is 19.4 Å². The van der Waals surface area contributed by atoms with Gasteiger partial charge in [0, 0.05) is 36.3 Å². The summed E-state index contributed by atoms with van der Waals surface area (Å²) < 4.78 is 0. The van der Waals surface area contributed by atoms with Crippen LogP contribution in [0.5, 0.6) is 0 Å². The molecule has 4 fully saturated rings. The van der Waals surface area contributed by atoms with Crippen molar-refractivity contribution in [1.29, 1.82) is 0 Å². The Balaban J connectivity index is 0.681. The van der Waals surface area contributed by atoms with Crippen molar-refractivity contribution in [2.24, 2.45) is 11.8 Å². The Hall–Kier alpha value is -3.48. The molecule has 2 N–H and O–H groups in total. The summed E-state index contributed by atoms with van der Waals surface area (Å²) in [5.41, 5.74) is 8.26. The summed E-state index contributed by atoms with van der Waals surface area (Å²) in [5.74, 6) is 1.70. The minimum Gasteiger partial charge on any atom is -0.353 e. The van der Waals surface area contributed by atoms with E-state index in [1.807, 2.05) is 24.3 Å². The van der Waals surface area contributed by atoms with Gasteiger partial charge in [-0.25, -0.2) is 0 Å². The Morgan fingerprint density at radius 1 is 0.462 bits per heavy atom. The minimum atomic E-state index is 0.0897. The van der Waals surface area contributed by atoms with Crippen molar-refractivity contribution >= 4 is 11.8 Å². The van der Waals surface area contributed by atoms with Gasteiger partial charge in [-0.1, -0.05) is 72.8 Å². The highest BCUT2D eigenvalue weighted by molar-refractivity contribution is 5.82. The number of hydrogen-bond donors (Lipinski definition) is 2. The fourth-order valence-corrected chi connectivity index (χ4v) is 11.6. The van der Waals surface area contributed by atoms with Gasteiger partial charge in [0.25, 0.3) is 0 Å². The van der Waals surface area contributed by atoms with Gasteiger partial charge < -0.3 is 10.6 Å². The van der Waals surface area contributed by atoms with Crippen LogP contribution in [0.2, 0.25) is 0 Å². The number of nitrogens with one attached hydrogen (secondary N) is 2. The van der Waals surface area contributed by atoms with Gasteiger partial charge in [0.05, 0.1) is 12.8 Å². The SMILES string of the molecule is O=C(Cc1ccccc1CC(=O)NC1CCC(CCN2[C@@H]3CC[C@H]2c2ccccc23)CC1)NC1CCC(CCN2[C@@H]3CC[C@H]2c2ccccc23)CC1. The summed E-state index contributed by atoms with van der Waals surface area (Å²) in [6.45, 7) is 2.40. The Morgan fingerprint density at radius 2 is 0.788 bits per heavy atom. The molecule has 4 heterocycles. The molecule has 0 unspecified atom stereocenters. The molecule has 9 rings (SSSR count). The van der Waals surface area contributed by atoms with Crippen LogP contribution in [0.4, 0.5) is 0 Å². The van der Waals surface area contributed by atoms with Crippen LogP contribution in [-0.2, 0) is 22.4 Å². The average molecular weight is 699 g/mol. The third kappa shape index (κ3) is 6.98. The van der Waals surface area contributed by atoms with E-state index in [1.165, 1.54) is 77.3 Å². The van der Waals surface area contributed by atoms with Crippen LogP contribution in [0.1, 0.15) is 147 Å². The fraction of sp³-hybridized carbons (Fsp3) is 0.565. The lowest BCUT2D eigenvalue weighted by Gasteiger charge is -2.31. The number of rotatable bonds is 12. The van der Waals surface area contributed by atoms with E-state index in [0.29, 0.717) is 37.0 Å². The average Bonchev–Trinajstić information content (AvgIpc) is 3.93. The molecule has 4 bridgehead atoms. The molecule has 52 heavy (non-hydrogen) atoms. The molecule has 4 aliphatic heterocycles. The fourth-order valence-electron chi connectivity index (χ4n) is 11.6. The molecular formula is C46H58N4O2. The highest BCUT2D eigenvalue weighted by atomic mass is 16.2. The number of nitrogens with zero attached hydrogens (tertiary/aromatic N) is 2. The molecular weight excluding hydrogens is 641 g/mol. The predicted octanol–water partition coefficient (Wildman–Crippen LogP) is 8.69. The minimum absolute atomic E-state index is 0.0897. The van der Waals surface area contributed by atoms with Crippen LogP contribution in [-0.4, -0.2) is 46.8 Å². The van der Waals surface area contributed by atoms with Crippen molar-refractivity contribution in [2.75, 3.05) is 13.1 Å². The van der Waals surface area contributed by atoms with Gasteiger partial charge in [0.2, 0.25) is 11.8 Å². The summed E-state index contributed by atoms with van der Waals surface area (Å²) in [4.78, 5) is 32.0. The molecule has 6 nitrogen and oxygen atoms in total. The van der Waals surface area contributed by atoms with Gasteiger partial charge in [0.15, 0.2) is 0 Å². The number of hydrogen-bond acceptors (Lipinski definition) is 4. The van der Waals surface area contributed by atoms with Crippen molar-refractivity contribution < 1.29 is 9.59 Å². The zero-order valence-corrected chi connectivity index (χ0v) is 31.0. The van der Waals surface area contributed by atoms with Gasteiger partial charge in [-0.2, -0.15) is 0 Å². The third-order valence-corrected chi connectivity index (χ3v) is 14.3. The highest BCUT2D eigenvalue weighted by Gasteiger charge is 2.44. The summed E-state index contributed by atoms with van der Waals surface area (Å²) in [6, 6.07) is 29.3. The molecule has 274 valence electrons. The Kier molecular flexibility index (Phi) is 9.96. The van der Waals surface area contributed by atoms with Crippen LogP contribution >= 0.6 is 0 Å². The van der Waals surface area contributed by atoms with Crippen molar-refractivity contribution in [2.45, 2.75) is 139 Å². The maximum Gasteiger partial charge on any atom is 0.224 e. The second-order valence-corrected chi connectivity index (χ2v) is 17.2. The van der Waals surface area contributed by atoms with Crippen molar-refractivity contribution in [3.63, 3.8) is 0 Å². The molecule has 4 atom stereocenters. The molecule has 0 radical (unpaired) electrons. The molecule has 6 aliphatic rings. The Bertz CT molecular complexity index is 1550. The summed E-state index contributed by atoms with van der Waals surface area (Å²) in [6.07, 6.45) is 17.6. The Labute approximate surface area is 311 Å². The Morgan fingerprint density at radius 3 is 1.13 bits per heavy atom. The number of benzene rings is 3. The van der Waals surface area contributed by atoms with Crippen LogP contribution < -0.4 is 10.6 Å². The number of carbonyl (C=O) groups excluding carboxylic acids is 2. The number of amides is 2. The first-order chi connectivity index (χ1) is 25.6.